The van der Waals surface area contributed by atoms with Gasteiger partial charge in [0.1, 0.15) is 11.5 Å². The minimum Gasteiger partial charge on any atom is -0.460 e. The van der Waals surface area contributed by atoms with Gasteiger partial charge in [-0.3, -0.25) is 0 Å². The molecule has 18 heavy (non-hydrogen) atoms. The Bertz CT molecular complexity index is 514. The maximum atomic E-state index is 5.89. The molecule has 1 aromatic carbocycles. The number of rotatable bonds is 5. The molecule has 1 N–H and O–H groups in total. The summed E-state index contributed by atoms with van der Waals surface area (Å²) >= 11 is 0. The summed E-state index contributed by atoms with van der Waals surface area (Å²) in [5, 5.41) is 3.35. The molecule has 1 heterocycles. The Morgan fingerprint density at radius 2 is 1.94 bits per heavy atom. The van der Waals surface area contributed by atoms with Crippen LogP contribution in [0.2, 0.25) is 0 Å². The van der Waals surface area contributed by atoms with Crippen molar-refractivity contribution < 1.29 is 4.42 Å². The normalized spacial score (nSPS) is 10.8. The van der Waals surface area contributed by atoms with Gasteiger partial charge in [-0.05, 0) is 50.6 Å². The smallest absolute Gasteiger partial charge is 0.134 e. The molecule has 0 aliphatic heterocycles. The Balaban J connectivity index is 2.16. The molecule has 0 radical (unpaired) electrons. The Kier molecular flexibility index (Phi) is 4.21. The fraction of sp³-hybridized carbons (Fsp3) is 0.375. The molecule has 0 saturated heterocycles. The van der Waals surface area contributed by atoms with E-state index in [4.69, 9.17) is 4.42 Å². The molecule has 0 aliphatic carbocycles. The Labute approximate surface area is 109 Å². The first-order valence-corrected chi connectivity index (χ1v) is 6.57. The van der Waals surface area contributed by atoms with Gasteiger partial charge in [-0.15, -0.1) is 0 Å². The van der Waals surface area contributed by atoms with Crippen molar-refractivity contribution in [2.24, 2.45) is 0 Å². The SMILES string of the molecule is CCCNCc1ccc(-c2cc(C)ccc2C)o1. The molecule has 0 saturated carbocycles. The van der Waals surface area contributed by atoms with Crippen LogP contribution in [0.25, 0.3) is 11.3 Å². The van der Waals surface area contributed by atoms with E-state index >= 15 is 0 Å². The van der Waals surface area contributed by atoms with Crippen LogP contribution < -0.4 is 5.32 Å². The molecule has 0 amide bonds. The number of aryl methyl sites for hydroxylation is 2. The van der Waals surface area contributed by atoms with Gasteiger partial charge in [-0.25, -0.2) is 0 Å². The summed E-state index contributed by atoms with van der Waals surface area (Å²) in [6.45, 7) is 8.22. The third-order valence-electron chi connectivity index (χ3n) is 3.05. The minimum atomic E-state index is 0.804. The summed E-state index contributed by atoms with van der Waals surface area (Å²) in [4.78, 5) is 0. The number of nitrogens with one attached hydrogen (secondary N) is 1. The summed E-state index contributed by atoms with van der Waals surface area (Å²) in [5.41, 5.74) is 3.71. The van der Waals surface area contributed by atoms with Crippen molar-refractivity contribution in [1.82, 2.24) is 5.32 Å². The maximum Gasteiger partial charge on any atom is 0.134 e. The van der Waals surface area contributed by atoms with E-state index in [2.05, 4.69) is 56.4 Å². The van der Waals surface area contributed by atoms with Crippen LogP contribution in [-0.4, -0.2) is 6.54 Å². The third kappa shape index (κ3) is 3.02. The second-order valence-corrected chi connectivity index (χ2v) is 4.76. The van der Waals surface area contributed by atoms with E-state index in [-0.39, 0.29) is 0 Å². The summed E-state index contributed by atoms with van der Waals surface area (Å²) in [5.74, 6) is 1.96. The number of hydrogen-bond acceptors (Lipinski definition) is 2. The predicted octanol–water partition coefficient (Wildman–Crippen LogP) is 4.06. The summed E-state index contributed by atoms with van der Waals surface area (Å²) in [6.07, 6.45) is 1.14. The molecule has 1 aromatic heterocycles. The lowest BCUT2D eigenvalue weighted by Gasteiger charge is -2.04. The second kappa shape index (κ2) is 5.87. The highest BCUT2D eigenvalue weighted by Gasteiger charge is 2.07. The van der Waals surface area contributed by atoms with Gasteiger partial charge in [0.25, 0.3) is 0 Å². The number of furan rings is 1. The molecule has 2 heteroatoms. The topological polar surface area (TPSA) is 25.2 Å². The zero-order valence-corrected chi connectivity index (χ0v) is 11.4. The van der Waals surface area contributed by atoms with Crippen LogP contribution in [-0.2, 0) is 6.54 Å². The van der Waals surface area contributed by atoms with E-state index in [9.17, 15) is 0 Å². The van der Waals surface area contributed by atoms with Crippen molar-refractivity contribution in [3.05, 3.63) is 47.2 Å². The average Bonchev–Trinajstić information content (AvgIpc) is 2.81. The molecule has 0 bridgehead atoms. The molecule has 96 valence electrons. The van der Waals surface area contributed by atoms with Gasteiger partial charge in [0.15, 0.2) is 0 Å². The van der Waals surface area contributed by atoms with E-state index in [1.165, 1.54) is 16.7 Å². The first-order valence-electron chi connectivity index (χ1n) is 6.57. The van der Waals surface area contributed by atoms with Gasteiger partial charge < -0.3 is 9.73 Å². The molecular formula is C16H21NO. The van der Waals surface area contributed by atoms with Gasteiger partial charge in [-0.1, -0.05) is 24.6 Å². The fourth-order valence-electron chi connectivity index (χ4n) is 2.01. The highest BCUT2D eigenvalue weighted by molar-refractivity contribution is 5.63. The van der Waals surface area contributed by atoms with Gasteiger partial charge in [-0.2, -0.15) is 0 Å². The van der Waals surface area contributed by atoms with Gasteiger partial charge in [0, 0.05) is 5.56 Å². The molecule has 2 nitrogen and oxygen atoms in total. The summed E-state index contributed by atoms with van der Waals surface area (Å²) in [7, 11) is 0. The first kappa shape index (κ1) is 12.9. The third-order valence-corrected chi connectivity index (χ3v) is 3.05. The van der Waals surface area contributed by atoms with Crippen molar-refractivity contribution in [2.75, 3.05) is 6.54 Å². The van der Waals surface area contributed by atoms with E-state index in [0.717, 1.165) is 31.0 Å². The molecule has 0 atom stereocenters. The lowest BCUT2D eigenvalue weighted by molar-refractivity contribution is 0.493. The quantitative estimate of drug-likeness (QED) is 0.801. The zero-order valence-electron chi connectivity index (χ0n) is 11.4. The zero-order chi connectivity index (χ0) is 13.0. The van der Waals surface area contributed by atoms with E-state index in [0.29, 0.717) is 0 Å². The predicted molar refractivity (Wildman–Crippen MR) is 75.6 cm³/mol. The molecule has 2 rings (SSSR count). The van der Waals surface area contributed by atoms with Crippen molar-refractivity contribution >= 4 is 0 Å². The van der Waals surface area contributed by atoms with Crippen LogP contribution in [0.3, 0.4) is 0 Å². The summed E-state index contributed by atoms with van der Waals surface area (Å²) in [6, 6.07) is 10.6. The number of hydrogen-bond donors (Lipinski definition) is 1. The van der Waals surface area contributed by atoms with Crippen LogP contribution in [0.1, 0.15) is 30.2 Å². The van der Waals surface area contributed by atoms with Crippen molar-refractivity contribution in [3.8, 4) is 11.3 Å². The second-order valence-electron chi connectivity index (χ2n) is 4.76. The standard InChI is InChI=1S/C16H21NO/c1-4-9-17-11-14-7-8-16(18-14)15-10-12(2)5-6-13(15)3/h5-8,10,17H,4,9,11H2,1-3H3. The van der Waals surface area contributed by atoms with Gasteiger partial charge >= 0.3 is 0 Å². The maximum absolute atomic E-state index is 5.89. The number of benzene rings is 1. The minimum absolute atomic E-state index is 0.804. The molecule has 2 aromatic rings. The average molecular weight is 243 g/mol. The van der Waals surface area contributed by atoms with E-state index in [1.807, 2.05) is 0 Å². The highest BCUT2D eigenvalue weighted by Crippen LogP contribution is 2.26. The molecular weight excluding hydrogens is 222 g/mol. The van der Waals surface area contributed by atoms with E-state index in [1.54, 1.807) is 0 Å². The van der Waals surface area contributed by atoms with Crippen LogP contribution >= 0.6 is 0 Å². The largest absolute Gasteiger partial charge is 0.460 e. The van der Waals surface area contributed by atoms with Crippen molar-refractivity contribution in [2.45, 2.75) is 33.7 Å². The first-order chi connectivity index (χ1) is 8.70. The van der Waals surface area contributed by atoms with Crippen LogP contribution in [0.15, 0.2) is 34.7 Å². The van der Waals surface area contributed by atoms with E-state index < -0.39 is 0 Å². The van der Waals surface area contributed by atoms with Gasteiger partial charge in [0.2, 0.25) is 0 Å². The Hall–Kier alpha value is -1.54. The fourth-order valence-corrected chi connectivity index (χ4v) is 2.01. The molecule has 0 fully saturated rings. The monoisotopic (exact) mass is 243 g/mol. The van der Waals surface area contributed by atoms with Crippen molar-refractivity contribution in [1.29, 1.82) is 0 Å². The Morgan fingerprint density at radius 3 is 2.72 bits per heavy atom. The molecule has 0 spiro atoms. The lowest BCUT2D eigenvalue weighted by Crippen LogP contribution is -2.12. The van der Waals surface area contributed by atoms with Gasteiger partial charge in [0.05, 0.1) is 6.54 Å². The highest BCUT2D eigenvalue weighted by atomic mass is 16.3. The Morgan fingerprint density at radius 1 is 1.11 bits per heavy atom. The van der Waals surface area contributed by atoms with Crippen LogP contribution in [0.4, 0.5) is 0 Å². The van der Waals surface area contributed by atoms with Crippen LogP contribution in [0, 0.1) is 13.8 Å². The van der Waals surface area contributed by atoms with Crippen molar-refractivity contribution in [3.63, 3.8) is 0 Å². The summed E-state index contributed by atoms with van der Waals surface area (Å²) < 4.78 is 5.89. The molecule has 0 aliphatic rings. The lowest BCUT2D eigenvalue weighted by atomic mass is 10.0. The molecule has 0 unspecified atom stereocenters. The van der Waals surface area contributed by atoms with Crippen LogP contribution in [0.5, 0.6) is 0 Å².